The van der Waals surface area contributed by atoms with Crippen LogP contribution in [0.3, 0.4) is 0 Å². The lowest BCUT2D eigenvalue weighted by Crippen LogP contribution is -2.08. The van der Waals surface area contributed by atoms with Crippen LogP contribution in [0.15, 0.2) is 18.2 Å². The van der Waals surface area contributed by atoms with Gasteiger partial charge in [0.1, 0.15) is 0 Å². The summed E-state index contributed by atoms with van der Waals surface area (Å²) < 4.78 is 34.0. The summed E-state index contributed by atoms with van der Waals surface area (Å²) in [7, 11) is 1.39. The number of ether oxygens (including phenoxy) is 2. The first-order valence-corrected chi connectivity index (χ1v) is 5.33. The summed E-state index contributed by atoms with van der Waals surface area (Å²) in [6, 6.07) is 4.95. The highest BCUT2D eigenvalue weighted by atomic mass is 19.3. The minimum Gasteiger partial charge on any atom is -0.493 e. The smallest absolute Gasteiger partial charge is 0.387 e. The van der Waals surface area contributed by atoms with Gasteiger partial charge in [-0.25, -0.2) is 0 Å². The molecule has 0 radical (unpaired) electrons. The van der Waals surface area contributed by atoms with Gasteiger partial charge in [0, 0.05) is 0 Å². The number of aliphatic hydroxyl groups is 1. The third kappa shape index (κ3) is 4.19. The Morgan fingerprint density at radius 2 is 2.06 bits per heavy atom. The third-order valence-electron chi connectivity index (χ3n) is 2.32. The standard InChI is InChI=1S/C12H16F2O3/c1-8(15)6-7-9-4-3-5-10(16-2)11(9)17-12(13)14/h3-5,8,12,15H,6-7H2,1-2H3. The number of para-hydroxylation sites is 1. The van der Waals surface area contributed by atoms with Crippen LogP contribution >= 0.6 is 0 Å². The summed E-state index contributed by atoms with van der Waals surface area (Å²) in [6.45, 7) is -1.25. The average Bonchev–Trinajstić information content (AvgIpc) is 2.26. The van der Waals surface area contributed by atoms with Crippen molar-refractivity contribution in [2.24, 2.45) is 0 Å². The van der Waals surface area contributed by atoms with E-state index in [1.165, 1.54) is 7.11 Å². The molecule has 0 saturated carbocycles. The van der Waals surface area contributed by atoms with Crippen LogP contribution in [0.25, 0.3) is 0 Å². The van der Waals surface area contributed by atoms with Gasteiger partial charge >= 0.3 is 6.61 Å². The fourth-order valence-corrected chi connectivity index (χ4v) is 1.51. The molecule has 96 valence electrons. The van der Waals surface area contributed by atoms with E-state index in [2.05, 4.69) is 4.74 Å². The van der Waals surface area contributed by atoms with Gasteiger partial charge in [0.2, 0.25) is 0 Å². The largest absolute Gasteiger partial charge is 0.493 e. The number of rotatable bonds is 6. The van der Waals surface area contributed by atoms with Crippen LogP contribution in [-0.2, 0) is 6.42 Å². The molecule has 0 aliphatic heterocycles. The van der Waals surface area contributed by atoms with Crippen molar-refractivity contribution in [1.29, 1.82) is 0 Å². The molecule has 0 amide bonds. The van der Waals surface area contributed by atoms with Gasteiger partial charge in [-0.15, -0.1) is 0 Å². The molecule has 3 nitrogen and oxygen atoms in total. The Hall–Kier alpha value is -1.36. The highest BCUT2D eigenvalue weighted by Crippen LogP contribution is 2.33. The number of aliphatic hydroxyl groups excluding tert-OH is 1. The van der Waals surface area contributed by atoms with Crippen molar-refractivity contribution in [3.63, 3.8) is 0 Å². The number of alkyl halides is 2. The maximum absolute atomic E-state index is 12.3. The quantitative estimate of drug-likeness (QED) is 0.838. The van der Waals surface area contributed by atoms with E-state index in [-0.39, 0.29) is 11.5 Å². The Balaban J connectivity index is 2.93. The molecule has 1 aromatic carbocycles. The lowest BCUT2D eigenvalue weighted by molar-refractivity contribution is -0.0518. The molecule has 1 atom stereocenters. The SMILES string of the molecule is COc1cccc(CCC(C)O)c1OC(F)F. The summed E-state index contributed by atoms with van der Waals surface area (Å²) >= 11 is 0. The van der Waals surface area contributed by atoms with E-state index >= 15 is 0 Å². The lowest BCUT2D eigenvalue weighted by Gasteiger charge is -2.14. The first-order valence-electron chi connectivity index (χ1n) is 5.33. The fraction of sp³-hybridized carbons (Fsp3) is 0.500. The zero-order chi connectivity index (χ0) is 12.8. The van der Waals surface area contributed by atoms with E-state index in [9.17, 15) is 13.9 Å². The van der Waals surface area contributed by atoms with Gasteiger partial charge in [-0.3, -0.25) is 0 Å². The first kappa shape index (κ1) is 13.7. The second-order valence-electron chi connectivity index (χ2n) is 3.71. The van der Waals surface area contributed by atoms with E-state index < -0.39 is 12.7 Å². The molecule has 0 aromatic heterocycles. The van der Waals surface area contributed by atoms with Crippen LogP contribution in [0.1, 0.15) is 18.9 Å². The zero-order valence-electron chi connectivity index (χ0n) is 9.82. The van der Waals surface area contributed by atoms with E-state index in [0.29, 0.717) is 18.4 Å². The molecule has 0 aliphatic rings. The summed E-state index contributed by atoms with van der Waals surface area (Å²) in [5, 5.41) is 9.19. The Morgan fingerprint density at radius 1 is 1.35 bits per heavy atom. The van der Waals surface area contributed by atoms with E-state index in [1.54, 1.807) is 25.1 Å². The Morgan fingerprint density at radius 3 is 2.59 bits per heavy atom. The Bertz CT molecular complexity index is 354. The van der Waals surface area contributed by atoms with Gasteiger partial charge < -0.3 is 14.6 Å². The molecule has 0 bridgehead atoms. The van der Waals surface area contributed by atoms with Crippen LogP contribution < -0.4 is 9.47 Å². The van der Waals surface area contributed by atoms with Crippen LogP contribution in [0, 0.1) is 0 Å². The van der Waals surface area contributed by atoms with Gasteiger partial charge in [0.05, 0.1) is 13.2 Å². The van der Waals surface area contributed by atoms with Crippen molar-refractivity contribution in [2.75, 3.05) is 7.11 Å². The molecule has 17 heavy (non-hydrogen) atoms. The van der Waals surface area contributed by atoms with E-state index in [1.807, 2.05) is 0 Å². The Labute approximate surface area is 99.0 Å². The summed E-state index contributed by atoms with van der Waals surface area (Å²) in [5.41, 5.74) is 0.602. The molecule has 1 aromatic rings. The zero-order valence-corrected chi connectivity index (χ0v) is 9.82. The van der Waals surface area contributed by atoms with Gasteiger partial charge in [-0.1, -0.05) is 12.1 Å². The van der Waals surface area contributed by atoms with Crippen LogP contribution in [-0.4, -0.2) is 24.9 Å². The summed E-state index contributed by atoms with van der Waals surface area (Å²) in [5.74, 6) is 0.319. The first-order chi connectivity index (χ1) is 8.04. The number of aryl methyl sites for hydroxylation is 1. The van der Waals surface area contributed by atoms with Crippen molar-refractivity contribution in [2.45, 2.75) is 32.5 Å². The number of benzene rings is 1. The molecule has 1 unspecified atom stereocenters. The second-order valence-corrected chi connectivity index (χ2v) is 3.71. The molecule has 0 saturated heterocycles. The van der Waals surface area contributed by atoms with Crippen molar-refractivity contribution >= 4 is 0 Å². The maximum Gasteiger partial charge on any atom is 0.387 e. The molecule has 0 spiro atoms. The normalized spacial score (nSPS) is 12.6. The van der Waals surface area contributed by atoms with Gasteiger partial charge in [-0.05, 0) is 31.4 Å². The van der Waals surface area contributed by atoms with Crippen molar-refractivity contribution in [3.05, 3.63) is 23.8 Å². The Kier molecular flexibility index (Phi) is 5.15. The molecule has 1 rings (SSSR count). The molecule has 1 N–H and O–H groups in total. The second kappa shape index (κ2) is 6.39. The third-order valence-corrected chi connectivity index (χ3v) is 2.32. The summed E-state index contributed by atoms with van der Waals surface area (Å²) in [6.07, 6.45) is 0.449. The molecule has 0 aliphatic carbocycles. The topological polar surface area (TPSA) is 38.7 Å². The number of hydrogen-bond donors (Lipinski definition) is 1. The minimum absolute atomic E-state index is 0.0469. The summed E-state index contributed by atoms with van der Waals surface area (Å²) in [4.78, 5) is 0. The van der Waals surface area contributed by atoms with Crippen molar-refractivity contribution in [1.82, 2.24) is 0 Å². The highest BCUT2D eigenvalue weighted by molar-refractivity contribution is 5.46. The van der Waals surface area contributed by atoms with Gasteiger partial charge in [0.25, 0.3) is 0 Å². The highest BCUT2D eigenvalue weighted by Gasteiger charge is 2.15. The van der Waals surface area contributed by atoms with Gasteiger partial charge in [-0.2, -0.15) is 8.78 Å². The number of hydrogen-bond acceptors (Lipinski definition) is 3. The molecular formula is C12H16F2O3. The van der Waals surface area contributed by atoms with Crippen molar-refractivity contribution in [3.8, 4) is 11.5 Å². The molecule has 5 heteroatoms. The average molecular weight is 246 g/mol. The molecule has 0 heterocycles. The van der Waals surface area contributed by atoms with Crippen LogP contribution in [0.4, 0.5) is 8.78 Å². The lowest BCUT2D eigenvalue weighted by atomic mass is 10.1. The maximum atomic E-state index is 12.3. The molecular weight excluding hydrogens is 230 g/mol. The van der Waals surface area contributed by atoms with E-state index in [4.69, 9.17) is 4.74 Å². The number of halogens is 2. The van der Waals surface area contributed by atoms with E-state index in [0.717, 1.165) is 0 Å². The molecule has 0 fully saturated rings. The van der Waals surface area contributed by atoms with Crippen molar-refractivity contribution < 1.29 is 23.4 Å². The fourth-order valence-electron chi connectivity index (χ4n) is 1.51. The van der Waals surface area contributed by atoms with Crippen LogP contribution in [0.2, 0.25) is 0 Å². The monoisotopic (exact) mass is 246 g/mol. The minimum atomic E-state index is -2.89. The number of methoxy groups -OCH3 is 1. The predicted octanol–water partition coefficient (Wildman–Crippen LogP) is 2.61. The van der Waals surface area contributed by atoms with Crippen LogP contribution in [0.5, 0.6) is 11.5 Å². The van der Waals surface area contributed by atoms with Gasteiger partial charge in [0.15, 0.2) is 11.5 Å². The predicted molar refractivity (Wildman–Crippen MR) is 59.6 cm³/mol.